The minimum absolute atomic E-state index is 0.0647. The molecule has 10 aromatic rings. The van der Waals surface area contributed by atoms with Crippen molar-refractivity contribution in [2.24, 2.45) is 0 Å². The van der Waals surface area contributed by atoms with Crippen molar-refractivity contribution in [2.45, 2.75) is 0 Å². The number of fused-ring (bicyclic) bond motifs is 8. The van der Waals surface area contributed by atoms with Crippen LogP contribution in [0.4, 0.5) is 0 Å². The van der Waals surface area contributed by atoms with E-state index in [0.717, 1.165) is 33.0 Å². The van der Waals surface area contributed by atoms with E-state index in [9.17, 15) is 0 Å². The number of furan rings is 2. The Kier molecular flexibility index (Phi) is 4.81. The summed E-state index contributed by atoms with van der Waals surface area (Å²) in [5, 5.41) is 4.09. The zero-order chi connectivity index (χ0) is 36.0. The summed E-state index contributed by atoms with van der Waals surface area (Å²) in [6.07, 6.45) is 0. The normalized spacial score (nSPS) is 13.2. The van der Waals surface area contributed by atoms with Crippen molar-refractivity contribution in [3.63, 3.8) is 0 Å². The van der Waals surface area contributed by atoms with Crippen LogP contribution in [-0.4, -0.2) is 15.0 Å². The molecule has 0 amide bonds. The zero-order valence-corrected chi connectivity index (χ0v) is 25.2. The lowest BCUT2D eigenvalue weighted by molar-refractivity contribution is 0.669. The second-order valence-electron chi connectivity index (χ2n) is 11.6. The lowest BCUT2D eigenvalue weighted by atomic mass is 10.0. The topological polar surface area (TPSA) is 65.0 Å². The molecule has 5 heteroatoms. The molecular weight excluding hydrogens is 590 g/mol. The minimum atomic E-state index is -0.167. The second kappa shape index (κ2) is 10.5. The van der Waals surface area contributed by atoms with Gasteiger partial charge in [-0.3, -0.25) is 0 Å². The summed E-state index contributed by atoms with van der Waals surface area (Å²) in [7, 11) is 0. The Bertz CT molecular complexity index is 3120. The molecule has 3 aromatic heterocycles. The number of benzene rings is 7. The van der Waals surface area contributed by atoms with Crippen LogP contribution in [0.5, 0.6) is 0 Å². The highest BCUT2D eigenvalue weighted by molar-refractivity contribution is 6.18. The monoisotopic (exact) mass is 620 g/mol. The van der Waals surface area contributed by atoms with E-state index >= 15 is 0 Å². The first-order valence-corrected chi connectivity index (χ1v) is 15.5. The van der Waals surface area contributed by atoms with Crippen molar-refractivity contribution in [2.75, 3.05) is 0 Å². The molecule has 0 aliphatic carbocycles. The van der Waals surface area contributed by atoms with Gasteiger partial charge in [0.1, 0.15) is 22.3 Å². The molecule has 0 saturated carbocycles. The molecule has 0 spiro atoms. The van der Waals surface area contributed by atoms with Crippen LogP contribution in [0, 0.1) is 0 Å². The lowest BCUT2D eigenvalue weighted by Gasteiger charge is -2.09. The van der Waals surface area contributed by atoms with Crippen molar-refractivity contribution in [3.05, 3.63) is 152 Å². The van der Waals surface area contributed by atoms with Gasteiger partial charge in [-0.15, -0.1) is 0 Å². The summed E-state index contributed by atoms with van der Waals surface area (Å²) in [5.41, 5.74) is 6.08. The molecule has 0 fully saturated rings. The highest BCUT2D eigenvalue weighted by atomic mass is 16.3. The molecular formula is C43H25N3O2. The van der Waals surface area contributed by atoms with E-state index in [0.29, 0.717) is 61.1 Å². The van der Waals surface area contributed by atoms with E-state index in [2.05, 4.69) is 24.3 Å². The van der Waals surface area contributed by atoms with E-state index in [4.69, 9.17) is 30.6 Å². The molecule has 0 bridgehead atoms. The van der Waals surface area contributed by atoms with E-state index in [-0.39, 0.29) is 36.0 Å². The number of hydrogen-bond donors (Lipinski definition) is 0. The Balaban J connectivity index is 1.20. The van der Waals surface area contributed by atoms with Gasteiger partial charge < -0.3 is 8.83 Å². The molecule has 0 aliphatic rings. The Morgan fingerprint density at radius 3 is 1.90 bits per heavy atom. The van der Waals surface area contributed by atoms with Gasteiger partial charge in [-0.25, -0.2) is 15.0 Å². The predicted octanol–water partition coefficient (Wildman–Crippen LogP) is 11.5. The third-order valence-electron chi connectivity index (χ3n) is 8.79. The van der Waals surface area contributed by atoms with Gasteiger partial charge in [-0.05, 0) is 52.9 Å². The Morgan fingerprint density at radius 1 is 0.438 bits per heavy atom. The molecule has 0 unspecified atom stereocenters. The van der Waals surface area contributed by atoms with Gasteiger partial charge in [-0.2, -0.15) is 0 Å². The maximum absolute atomic E-state index is 9.16. The Morgan fingerprint density at radius 2 is 1.10 bits per heavy atom. The minimum Gasteiger partial charge on any atom is -0.456 e. The van der Waals surface area contributed by atoms with Gasteiger partial charge in [0.05, 0.1) is 6.85 Å². The van der Waals surface area contributed by atoms with Gasteiger partial charge in [0.15, 0.2) is 17.5 Å². The molecule has 48 heavy (non-hydrogen) atoms. The van der Waals surface area contributed by atoms with Gasteiger partial charge >= 0.3 is 0 Å². The van der Waals surface area contributed by atoms with Crippen molar-refractivity contribution < 1.29 is 15.7 Å². The molecule has 0 aliphatic heterocycles. The summed E-state index contributed by atoms with van der Waals surface area (Å²) in [4.78, 5) is 14.8. The highest BCUT2D eigenvalue weighted by Crippen LogP contribution is 2.40. The van der Waals surface area contributed by atoms with Crippen LogP contribution in [0.1, 0.15) is 6.85 Å². The van der Waals surface area contributed by atoms with Crippen LogP contribution >= 0.6 is 0 Å². The Labute approximate surface area is 281 Å². The van der Waals surface area contributed by atoms with Crippen LogP contribution in [0.25, 0.3) is 99.9 Å². The summed E-state index contributed by atoms with van der Waals surface area (Å²) < 4.78 is 55.6. The molecule has 0 N–H and O–H groups in total. The fraction of sp³-hybridized carbons (Fsp3) is 0. The van der Waals surface area contributed by atoms with Crippen molar-refractivity contribution >= 4 is 54.6 Å². The maximum atomic E-state index is 9.16. The van der Waals surface area contributed by atoms with E-state index in [1.807, 2.05) is 72.8 Å². The van der Waals surface area contributed by atoms with Crippen molar-refractivity contribution in [1.82, 2.24) is 15.0 Å². The quantitative estimate of drug-likeness (QED) is 0.196. The van der Waals surface area contributed by atoms with Gasteiger partial charge in [0.2, 0.25) is 0 Å². The molecule has 10 rings (SSSR count). The third-order valence-corrected chi connectivity index (χ3v) is 8.79. The van der Waals surface area contributed by atoms with Crippen LogP contribution in [-0.2, 0) is 0 Å². The first kappa shape index (κ1) is 22.0. The summed E-state index contributed by atoms with van der Waals surface area (Å²) in [5.74, 6) is 0.953. The molecule has 0 saturated heterocycles. The molecule has 224 valence electrons. The highest BCUT2D eigenvalue weighted by Gasteiger charge is 2.19. The molecule has 0 radical (unpaired) electrons. The molecule has 3 heterocycles. The zero-order valence-electron chi connectivity index (χ0n) is 30.2. The maximum Gasteiger partial charge on any atom is 0.164 e. The van der Waals surface area contributed by atoms with Crippen molar-refractivity contribution in [1.29, 1.82) is 0 Å². The fourth-order valence-corrected chi connectivity index (χ4v) is 6.49. The molecule has 5 nitrogen and oxygen atoms in total. The third kappa shape index (κ3) is 4.22. The smallest absolute Gasteiger partial charge is 0.164 e. The lowest BCUT2D eigenvalue weighted by Crippen LogP contribution is -2.00. The van der Waals surface area contributed by atoms with Gasteiger partial charge in [0, 0.05) is 43.6 Å². The number of aromatic nitrogens is 3. The standard InChI is InChI=1S/C43H25N3O2/c1-3-10-26(11-4-1)29-19-21-32-33-22-20-30(25-38(33)47-37(32)24-29)42-44-41(28-13-5-2-6-14-28)45-43(46-42)35-16-9-17-36-39(35)34-23-18-27-12-7-8-15-31(27)40(34)48-36/h1-25H/i7D,8D,9D,12D,16D. The first-order chi connectivity index (χ1) is 25.8. The van der Waals surface area contributed by atoms with Crippen LogP contribution in [0.3, 0.4) is 0 Å². The van der Waals surface area contributed by atoms with Crippen LogP contribution in [0.15, 0.2) is 160 Å². The van der Waals surface area contributed by atoms with Crippen LogP contribution in [0.2, 0.25) is 0 Å². The van der Waals surface area contributed by atoms with E-state index in [1.54, 1.807) is 12.1 Å². The fourth-order valence-electron chi connectivity index (χ4n) is 6.49. The number of nitrogens with zero attached hydrogens (tertiary/aromatic N) is 3. The van der Waals surface area contributed by atoms with E-state index in [1.165, 1.54) is 12.1 Å². The van der Waals surface area contributed by atoms with Crippen LogP contribution < -0.4 is 0 Å². The first-order valence-electron chi connectivity index (χ1n) is 18.0. The molecule has 0 atom stereocenters. The number of hydrogen-bond acceptors (Lipinski definition) is 5. The van der Waals surface area contributed by atoms with Gasteiger partial charge in [-0.1, -0.05) is 115 Å². The Hall–Kier alpha value is -6.59. The summed E-state index contributed by atoms with van der Waals surface area (Å²) in [6.45, 7) is 0. The van der Waals surface area contributed by atoms with Crippen molar-refractivity contribution in [3.8, 4) is 45.3 Å². The largest absolute Gasteiger partial charge is 0.456 e. The molecule has 7 aromatic carbocycles. The predicted molar refractivity (Wildman–Crippen MR) is 194 cm³/mol. The average molecular weight is 621 g/mol. The SMILES string of the molecule is [2H]c1cc2c(ccc3c2oc2cc([2H])c([2H])c(-c4nc(-c5ccccc5)nc(-c5ccc6c(c5)oc5cc(-c7ccccc7)ccc56)n4)c23)c([2H])c1[2H]. The second-order valence-corrected chi connectivity index (χ2v) is 11.6. The number of rotatable bonds is 4. The summed E-state index contributed by atoms with van der Waals surface area (Å²) >= 11 is 0. The van der Waals surface area contributed by atoms with E-state index < -0.39 is 0 Å². The van der Waals surface area contributed by atoms with Gasteiger partial charge in [0.25, 0.3) is 0 Å². The summed E-state index contributed by atoms with van der Waals surface area (Å²) in [6, 6.07) is 37.8. The average Bonchev–Trinajstić information content (AvgIpc) is 3.75.